The van der Waals surface area contributed by atoms with E-state index in [-0.39, 0.29) is 17.5 Å². The van der Waals surface area contributed by atoms with Crippen LogP contribution in [-0.4, -0.2) is 47.5 Å². The third kappa shape index (κ3) is 4.76. The molecule has 36 heavy (non-hydrogen) atoms. The quantitative estimate of drug-likeness (QED) is 0.352. The van der Waals surface area contributed by atoms with Crippen LogP contribution >= 0.6 is 0 Å². The van der Waals surface area contributed by atoms with Crippen LogP contribution < -0.4 is 10.2 Å². The number of anilines is 2. The standard InChI is InChI=1S/C28H29F2N5O/c1-33(2)23-13-11-22(12-14-23)31-28(36)34-15-6-9-21(18-34)27-32-25(24-10-3-4-16-35(24)27)19-7-5-8-20(17-19)26(29)30/h3-5,7-8,10-14,16-17,21,26H,6,9,15,18H2,1-2H3,(H,31,36). The van der Waals surface area contributed by atoms with Gasteiger partial charge in [-0.25, -0.2) is 18.6 Å². The molecule has 1 atom stereocenters. The zero-order chi connectivity index (χ0) is 25.2. The molecule has 1 aliphatic rings. The number of piperidine rings is 1. The number of pyridine rings is 1. The zero-order valence-electron chi connectivity index (χ0n) is 20.4. The minimum Gasteiger partial charge on any atom is -0.378 e. The van der Waals surface area contributed by atoms with Crippen LogP contribution in [0.1, 0.15) is 36.6 Å². The van der Waals surface area contributed by atoms with Gasteiger partial charge in [0.05, 0.1) is 11.2 Å². The first-order chi connectivity index (χ1) is 17.4. The number of nitrogens with zero attached hydrogens (tertiary/aromatic N) is 4. The lowest BCUT2D eigenvalue weighted by Gasteiger charge is -2.32. The maximum absolute atomic E-state index is 13.3. The van der Waals surface area contributed by atoms with Gasteiger partial charge in [-0.1, -0.05) is 24.3 Å². The SMILES string of the molecule is CN(C)c1ccc(NC(=O)N2CCCC(c3nc(-c4cccc(C(F)F)c4)c4ccccn34)C2)cc1. The van der Waals surface area contributed by atoms with Crippen LogP contribution in [0.5, 0.6) is 0 Å². The van der Waals surface area contributed by atoms with Crippen molar-refractivity contribution in [2.24, 2.45) is 0 Å². The number of alkyl halides is 2. The number of imidazole rings is 1. The molecule has 0 saturated carbocycles. The Morgan fingerprint density at radius 1 is 1.08 bits per heavy atom. The van der Waals surface area contributed by atoms with Crippen LogP contribution in [0.4, 0.5) is 25.0 Å². The van der Waals surface area contributed by atoms with Crippen LogP contribution in [0.15, 0.2) is 72.9 Å². The van der Waals surface area contributed by atoms with Gasteiger partial charge in [0.25, 0.3) is 6.43 Å². The molecule has 2 aromatic heterocycles. The Balaban J connectivity index is 1.39. The second-order valence-electron chi connectivity index (χ2n) is 9.36. The molecule has 3 heterocycles. The van der Waals surface area contributed by atoms with Crippen LogP contribution in [0.3, 0.4) is 0 Å². The average Bonchev–Trinajstić information content (AvgIpc) is 3.29. The van der Waals surface area contributed by atoms with Crippen molar-refractivity contribution in [1.29, 1.82) is 0 Å². The fraction of sp³-hybridized carbons (Fsp3) is 0.286. The van der Waals surface area contributed by atoms with E-state index >= 15 is 0 Å². The molecule has 0 spiro atoms. The highest BCUT2D eigenvalue weighted by Gasteiger charge is 2.29. The van der Waals surface area contributed by atoms with Gasteiger partial charge in [-0.2, -0.15) is 0 Å². The number of nitrogens with one attached hydrogen (secondary N) is 1. The van der Waals surface area contributed by atoms with Crippen LogP contribution in [0.2, 0.25) is 0 Å². The van der Waals surface area contributed by atoms with Crippen LogP contribution in [-0.2, 0) is 0 Å². The largest absolute Gasteiger partial charge is 0.378 e. The van der Waals surface area contributed by atoms with Crippen molar-refractivity contribution in [3.05, 3.63) is 84.3 Å². The third-order valence-electron chi connectivity index (χ3n) is 6.70. The number of halogens is 2. The Morgan fingerprint density at radius 3 is 2.64 bits per heavy atom. The van der Waals surface area contributed by atoms with Gasteiger partial charge in [-0.15, -0.1) is 0 Å². The van der Waals surface area contributed by atoms with Crippen molar-refractivity contribution < 1.29 is 13.6 Å². The molecule has 5 rings (SSSR count). The molecule has 1 saturated heterocycles. The van der Waals surface area contributed by atoms with E-state index in [0.29, 0.717) is 24.3 Å². The number of fused-ring (bicyclic) bond motifs is 1. The number of aromatic nitrogens is 2. The summed E-state index contributed by atoms with van der Waals surface area (Å²) in [5.74, 6) is 0.874. The highest BCUT2D eigenvalue weighted by atomic mass is 19.3. The van der Waals surface area contributed by atoms with Crippen LogP contribution in [0.25, 0.3) is 16.8 Å². The molecule has 1 N–H and O–H groups in total. The van der Waals surface area contributed by atoms with Crippen molar-refractivity contribution in [3.63, 3.8) is 0 Å². The van der Waals surface area contributed by atoms with Crippen molar-refractivity contribution in [1.82, 2.24) is 14.3 Å². The molecule has 1 aliphatic heterocycles. The first-order valence-corrected chi connectivity index (χ1v) is 12.1. The topological polar surface area (TPSA) is 52.9 Å². The summed E-state index contributed by atoms with van der Waals surface area (Å²) < 4.78 is 28.7. The molecule has 8 heteroatoms. The van der Waals surface area contributed by atoms with Gasteiger partial charge in [-0.3, -0.25) is 0 Å². The Bertz CT molecular complexity index is 1370. The second-order valence-corrected chi connectivity index (χ2v) is 9.36. The van der Waals surface area contributed by atoms with E-state index in [1.807, 2.05) is 83.0 Å². The summed E-state index contributed by atoms with van der Waals surface area (Å²) in [4.78, 5) is 21.8. The maximum atomic E-state index is 13.3. The van der Waals surface area contributed by atoms with E-state index in [2.05, 4.69) is 5.32 Å². The third-order valence-corrected chi connectivity index (χ3v) is 6.70. The molecule has 1 fully saturated rings. The normalized spacial score (nSPS) is 15.9. The van der Waals surface area contributed by atoms with E-state index in [9.17, 15) is 13.6 Å². The summed E-state index contributed by atoms with van der Waals surface area (Å²) in [6.07, 6.45) is 1.16. The highest BCUT2D eigenvalue weighted by Crippen LogP contribution is 2.33. The Morgan fingerprint density at radius 2 is 1.89 bits per heavy atom. The second kappa shape index (κ2) is 9.97. The summed E-state index contributed by atoms with van der Waals surface area (Å²) in [5, 5.41) is 3.01. The molecule has 2 aromatic carbocycles. The molecule has 6 nitrogen and oxygen atoms in total. The number of amides is 2. The van der Waals surface area contributed by atoms with Crippen molar-refractivity contribution in [2.75, 3.05) is 37.4 Å². The average molecular weight is 490 g/mol. The number of urea groups is 1. The Hall–Kier alpha value is -3.94. The number of hydrogen-bond donors (Lipinski definition) is 1. The first-order valence-electron chi connectivity index (χ1n) is 12.1. The lowest BCUT2D eigenvalue weighted by atomic mass is 9.97. The first kappa shape index (κ1) is 23.8. The van der Waals surface area contributed by atoms with Gasteiger partial charge in [0, 0.05) is 61.8 Å². The molecule has 0 bridgehead atoms. The zero-order valence-corrected chi connectivity index (χ0v) is 20.4. The number of hydrogen-bond acceptors (Lipinski definition) is 3. The molecule has 0 radical (unpaired) electrons. The van der Waals surface area contributed by atoms with Gasteiger partial charge >= 0.3 is 6.03 Å². The smallest absolute Gasteiger partial charge is 0.321 e. The monoisotopic (exact) mass is 489 g/mol. The summed E-state index contributed by atoms with van der Waals surface area (Å²) in [6, 6.07) is 19.8. The molecular formula is C28H29F2N5O. The molecular weight excluding hydrogens is 460 g/mol. The fourth-order valence-corrected chi connectivity index (χ4v) is 4.80. The number of benzene rings is 2. The summed E-state index contributed by atoms with van der Waals surface area (Å²) in [5.41, 5.74) is 3.99. The molecule has 1 unspecified atom stereocenters. The summed E-state index contributed by atoms with van der Waals surface area (Å²) in [6.45, 7) is 1.21. The van der Waals surface area contributed by atoms with E-state index < -0.39 is 6.43 Å². The van der Waals surface area contributed by atoms with Gasteiger partial charge in [0.2, 0.25) is 0 Å². The minimum absolute atomic E-state index is 0.0229. The van der Waals surface area contributed by atoms with Gasteiger partial charge in [-0.05, 0) is 55.3 Å². The number of carbonyl (C=O) groups is 1. The lowest BCUT2D eigenvalue weighted by Crippen LogP contribution is -2.42. The van der Waals surface area contributed by atoms with Gasteiger partial charge < -0.3 is 19.5 Å². The number of carbonyl (C=O) groups excluding carboxylic acids is 1. The molecule has 186 valence electrons. The number of likely N-dealkylation sites (tertiary alicyclic amines) is 1. The lowest BCUT2D eigenvalue weighted by molar-refractivity contribution is 0.151. The van der Waals surface area contributed by atoms with Crippen LogP contribution in [0, 0.1) is 0 Å². The van der Waals surface area contributed by atoms with E-state index in [0.717, 1.165) is 35.6 Å². The molecule has 2 amide bonds. The Kier molecular flexibility index (Phi) is 6.59. The molecule has 4 aromatic rings. The number of rotatable bonds is 5. The summed E-state index contributed by atoms with van der Waals surface area (Å²) in [7, 11) is 3.95. The summed E-state index contributed by atoms with van der Waals surface area (Å²) >= 11 is 0. The fourth-order valence-electron chi connectivity index (χ4n) is 4.80. The van der Waals surface area contributed by atoms with E-state index in [1.165, 1.54) is 12.1 Å². The predicted molar refractivity (Wildman–Crippen MR) is 139 cm³/mol. The predicted octanol–water partition coefficient (Wildman–Crippen LogP) is 6.42. The van der Waals surface area contributed by atoms with Crippen molar-refractivity contribution in [3.8, 4) is 11.3 Å². The van der Waals surface area contributed by atoms with Crippen molar-refractivity contribution >= 4 is 22.9 Å². The highest BCUT2D eigenvalue weighted by molar-refractivity contribution is 5.89. The maximum Gasteiger partial charge on any atom is 0.321 e. The minimum atomic E-state index is -2.54. The van der Waals surface area contributed by atoms with E-state index in [1.54, 1.807) is 6.07 Å². The van der Waals surface area contributed by atoms with Gasteiger partial charge in [0.15, 0.2) is 0 Å². The Labute approximate surface area is 209 Å². The van der Waals surface area contributed by atoms with E-state index in [4.69, 9.17) is 4.98 Å². The molecule has 0 aliphatic carbocycles. The van der Waals surface area contributed by atoms with Crippen molar-refractivity contribution in [2.45, 2.75) is 25.2 Å². The van der Waals surface area contributed by atoms with Gasteiger partial charge in [0.1, 0.15) is 5.82 Å².